The maximum atomic E-state index is 13.8. The number of hydrogen-bond acceptors (Lipinski definition) is 6. The number of esters is 1. The molecule has 39 heavy (non-hydrogen) atoms. The highest BCUT2D eigenvalue weighted by Crippen LogP contribution is 2.74. The van der Waals surface area contributed by atoms with Gasteiger partial charge in [-0.1, -0.05) is 55.0 Å². The van der Waals surface area contributed by atoms with Gasteiger partial charge in [0.1, 0.15) is 17.4 Å². The van der Waals surface area contributed by atoms with Gasteiger partial charge in [-0.05, 0) is 59.4 Å². The number of sulfonamides is 1. The van der Waals surface area contributed by atoms with Gasteiger partial charge in [0.15, 0.2) is 0 Å². The van der Waals surface area contributed by atoms with Crippen molar-refractivity contribution in [2.75, 3.05) is 26.2 Å². The number of benzene rings is 3. The molecule has 198 valence electrons. The minimum absolute atomic E-state index is 0.0592. The Morgan fingerprint density at radius 2 is 1.23 bits per heavy atom. The van der Waals surface area contributed by atoms with E-state index >= 15 is 0 Å². The third-order valence-electron chi connectivity index (χ3n) is 8.76. The van der Waals surface area contributed by atoms with Crippen LogP contribution in [0.2, 0.25) is 0 Å². The number of amides is 2. The zero-order valence-electron chi connectivity index (χ0n) is 21.1. The second kappa shape index (κ2) is 8.34. The lowest BCUT2D eigenvalue weighted by molar-refractivity contribution is -0.140. The van der Waals surface area contributed by atoms with Crippen LogP contribution in [0.3, 0.4) is 0 Å². The maximum Gasteiger partial charge on any atom is 0.338 e. The molecule has 2 aliphatic heterocycles. The monoisotopic (exact) mass is 542 g/mol. The highest BCUT2D eigenvalue weighted by molar-refractivity contribution is 7.89. The minimum Gasteiger partial charge on any atom is -0.460 e. The van der Waals surface area contributed by atoms with E-state index in [1.807, 2.05) is 48.5 Å². The SMILES string of the molecule is O=C(OCCN1C(=O)C23c4ccccc4C2(C1=O)c1ccccc13)c1ccc(S(=O)(=O)N2CCCCC2)cc1. The number of ether oxygens (including phenoxy) is 1. The van der Waals surface area contributed by atoms with Crippen molar-refractivity contribution in [2.45, 2.75) is 35.0 Å². The van der Waals surface area contributed by atoms with Gasteiger partial charge in [0.2, 0.25) is 21.8 Å². The molecule has 2 saturated heterocycles. The van der Waals surface area contributed by atoms with Crippen molar-refractivity contribution in [1.82, 2.24) is 9.21 Å². The number of carbonyl (C=O) groups excluding carboxylic acids is 3. The highest BCUT2D eigenvalue weighted by atomic mass is 32.2. The van der Waals surface area contributed by atoms with E-state index in [2.05, 4.69) is 0 Å². The van der Waals surface area contributed by atoms with E-state index in [4.69, 9.17) is 4.74 Å². The number of piperidine rings is 1. The topological polar surface area (TPSA) is 101 Å². The number of likely N-dealkylation sites (tertiary alicyclic amines) is 1. The lowest BCUT2D eigenvalue weighted by atomic mass is 9.35. The van der Waals surface area contributed by atoms with Gasteiger partial charge >= 0.3 is 5.97 Å². The summed E-state index contributed by atoms with van der Waals surface area (Å²) in [6.07, 6.45) is 2.70. The Morgan fingerprint density at radius 3 is 1.72 bits per heavy atom. The minimum atomic E-state index is -3.60. The Bertz CT molecular complexity index is 1540. The van der Waals surface area contributed by atoms with Gasteiger partial charge in [-0.15, -0.1) is 0 Å². The number of imide groups is 1. The van der Waals surface area contributed by atoms with Crippen molar-refractivity contribution < 1.29 is 27.5 Å². The van der Waals surface area contributed by atoms with Crippen LogP contribution >= 0.6 is 0 Å². The Hall–Kier alpha value is -3.82. The number of rotatable bonds is 6. The lowest BCUT2D eigenvalue weighted by Gasteiger charge is -2.61. The summed E-state index contributed by atoms with van der Waals surface area (Å²) in [5.74, 6) is -1.22. The average molecular weight is 543 g/mol. The molecule has 0 atom stereocenters. The summed E-state index contributed by atoms with van der Waals surface area (Å²) in [7, 11) is -3.60. The van der Waals surface area contributed by atoms with Gasteiger partial charge in [0.25, 0.3) is 0 Å². The Balaban J connectivity index is 1.06. The molecular formula is C30H26N2O6S. The summed E-state index contributed by atoms with van der Waals surface area (Å²) in [6, 6.07) is 20.8. The normalized spacial score (nSPS) is 25.1. The largest absolute Gasteiger partial charge is 0.460 e. The van der Waals surface area contributed by atoms with Crippen molar-refractivity contribution in [3.05, 3.63) is 101 Å². The molecule has 2 aliphatic carbocycles. The van der Waals surface area contributed by atoms with E-state index < -0.39 is 26.8 Å². The number of nitrogens with zero attached hydrogens (tertiary/aromatic N) is 2. The first-order valence-electron chi connectivity index (χ1n) is 13.2. The molecule has 2 amide bonds. The van der Waals surface area contributed by atoms with Crippen molar-refractivity contribution in [1.29, 1.82) is 0 Å². The molecule has 9 heteroatoms. The van der Waals surface area contributed by atoms with Crippen molar-refractivity contribution in [3.8, 4) is 0 Å². The van der Waals surface area contributed by atoms with Crippen LogP contribution in [0.4, 0.5) is 0 Å². The first-order valence-corrected chi connectivity index (χ1v) is 14.6. The van der Waals surface area contributed by atoms with Crippen LogP contribution in [0.1, 0.15) is 51.9 Å². The fraction of sp³-hybridized carbons (Fsp3) is 0.300. The zero-order chi connectivity index (χ0) is 27.0. The van der Waals surface area contributed by atoms with Crippen LogP contribution in [-0.4, -0.2) is 61.6 Å². The van der Waals surface area contributed by atoms with Crippen LogP contribution in [-0.2, 0) is 35.2 Å². The molecule has 2 heterocycles. The standard InChI is InChI=1S/C30H26N2O6S/c33-26(20-12-14-21(15-13-20)39(36,37)31-16-6-1-7-17-31)38-19-18-32-27(34)29-22-8-2-3-9-23(22)30(29,28(32)35)25-11-5-4-10-24(25)29/h2-5,8-15H,1,6-7,16-19H2. The Morgan fingerprint density at radius 1 is 0.744 bits per heavy atom. The highest BCUT2D eigenvalue weighted by Gasteiger charge is 2.85. The predicted octanol–water partition coefficient (Wildman–Crippen LogP) is 2.99. The molecule has 0 aromatic heterocycles. The summed E-state index contributed by atoms with van der Waals surface area (Å²) in [5, 5.41) is 0. The van der Waals surface area contributed by atoms with E-state index in [9.17, 15) is 22.8 Å². The molecular weight excluding hydrogens is 516 g/mol. The van der Waals surface area contributed by atoms with Crippen LogP contribution < -0.4 is 0 Å². The maximum absolute atomic E-state index is 13.8. The smallest absolute Gasteiger partial charge is 0.338 e. The summed E-state index contributed by atoms with van der Waals surface area (Å²) in [6.45, 7) is 0.775. The van der Waals surface area contributed by atoms with Gasteiger partial charge in [0.05, 0.1) is 17.0 Å². The first-order chi connectivity index (χ1) is 18.9. The van der Waals surface area contributed by atoms with Gasteiger partial charge in [-0.3, -0.25) is 14.5 Å². The summed E-state index contributed by atoms with van der Waals surface area (Å²) in [5.41, 5.74) is 1.64. The lowest BCUT2D eigenvalue weighted by Crippen LogP contribution is -2.69. The van der Waals surface area contributed by atoms with Gasteiger partial charge < -0.3 is 4.74 Å². The predicted molar refractivity (Wildman–Crippen MR) is 140 cm³/mol. The zero-order valence-corrected chi connectivity index (χ0v) is 21.9. The Kier molecular flexibility index (Phi) is 5.18. The van der Waals surface area contributed by atoms with Crippen molar-refractivity contribution in [2.24, 2.45) is 0 Å². The molecule has 0 saturated carbocycles. The van der Waals surface area contributed by atoms with Gasteiger partial charge in [-0.25, -0.2) is 13.2 Å². The van der Waals surface area contributed by atoms with Crippen LogP contribution in [0, 0.1) is 0 Å². The molecule has 3 aromatic carbocycles. The third kappa shape index (κ3) is 2.86. The molecule has 8 nitrogen and oxygen atoms in total. The third-order valence-corrected chi connectivity index (χ3v) is 10.7. The fourth-order valence-corrected chi connectivity index (χ4v) is 8.58. The fourth-order valence-electron chi connectivity index (χ4n) is 7.06. The van der Waals surface area contributed by atoms with Crippen LogP contribution in [0.5, 0.6) is 0 Å². The van der Waals surface area contributed by atoms with E-state index in [1.165, 1.54) is 33.5 Å². The average Bonchev–Trinajstić information content (AvgIpc) is 3.06. The first kappa shape index (κ1) is 24.2. The van der Waals surface area contributed by atoms with E-state index in [0.29, 0.717) is 13.1 Å². The van der Waals surface area contributed by atoms with E-state index in [-0.39, 0.29) is 35.4 Å². The molecule has 0 spiro atoms. The quantitative estimate of drug-likeness (QED) is 0.351. The van der Waals surface area contributed by atoms with E-state index in [0.717, 1.165) is 41.5 Å². The number of carbonyl (C=O) groups is 3. The molecule has 0 unspecified atom stereocenters. The van der Waals surface area contributed by atoms with Gasteiger partial charge in [-0.2, -0.15) is 4.31 Å². The summed E-state index contributed by atoms with van der Waals surface area (Å²) in [4.78, 5) is 41.7. The molecule has 0 radical (unpaired) electrons. The van der Waals surface area contributed by atoms with Crippen LogP contribution in [0.25, 0.3) is 0 Å². The Labute approximate surface area is 226 Å². The van der Waals surface area contributed by atoms with E-state index in [1.54, 1.807) is 0 Å². The number of hydrogen-bond donors (Lipinski definition) is 0. The second-order valence-corrected chi connectivity index (χ2v) is 12.4. The molecule has 0 N–H and O–H groups in total. The number of fused-ring (bicyclic) bond motifs is 2. The summed E-state index contributed by atoms with van der Waals surface area (Å²) >= 11 is 0. The molecule has 0 bridgehead atoms. The van der Waals surface area contributed by atoms with Crippen molar-refractivity contribution in [3.63, 3.8) is 0 Å². The molecule has 3 aromatic rings. The molecule has 4 aliphatic rings. The van der Waals surface area contributed by atoms with Crippen LogP contribution in [0.15, 0.2) is 77.7 Å². The summed E-state index contributed by atoms with van der Waals surface area (Å²) < 4.78 is 32.6. The van der Waals surface area contributed by atoms with Gasteiger partial charge in [0, 0.05) is 13.1 Å². The molecule has 7 rings (SSSR count). The molecule has 2 fully saturated rings. The second-order valence-electron chi connectivity index (χ2n) is 10.5. The van der Waals surface area contributed by atoms with Crippen molar-refractivity contribution >= 4 is 27.8 Å².